The van der Waals surface area contributed by atoms with Crippen LogP contribution in [0.2, 0.25) is 0 Å². The Hall–Kier alpha value is -2.86. The highest BCUT2D eigenvalue weighted by Crippen LogP contribution is 2.18. The first-order valence-electron chi connectivity index (χ1n) is 9.21. The quantitative estimate of drug-likeness (QED) is 0.628. The third-order valence-corrected chi connectivity index (χ3v) is 4.53. The van der Waals surface area contributed by atoms with Crippen LogP contribution in [-0.4, -0.2) is 36.0 Å². The summed E-state index contributed by atoms with van der Waals surface area (Å²) >= 11 is 0. The van der Waals surface area contributed by atoms with Gasteiger partial charge in [0.1, 0.15) is 5.75 Å². The van der Waals surface area contributed by atoms with Gasteiger partial charge in [0.05, 0.1) is 0 Å². The maximum Gasteiger partial charge on any atom is 0.319 e. The van der Waals surface area contributed by atoms with Crippen LogP contribution in [0.15, 0.2) is 54.6 Å². The molecule has 3 rings (SSSR count). The fourth-order valence-corrected chi connectivity index (χ4v) is 3.23. The fourth-order valence-electron chi connectivity index (χ4n) is 3.23. The van der Waals surface area contributed by atoms with E-state index in [1.807, 2.05) is 6.07 Å². The Morgan fingerprint density at radius 2 is 1.81 bits per heavy atom. The summed E-state index contributed by atoms with van der Waals surface area (Å²) in [7, 11) is 0. The number of nitrogens with one attached hydrogen (secondary N) is 2. The van der Waals surface area contributed by atoms with Crippen molar-refractivity contribution in [3.63, 3.8) is 0 Å². The lowest BCUT2D eigenvalue weighted by Crippen LogP contribution is -2.45. The second-order valence-electron chi connectivity index (χ2n) is 6.76. The third-order valence-electron chi connectivity index (χ3n) is 4.53. The van der Waals surface area contributed by atoms with Crippen LogP contribution in [0.4, 0.5) is 10.5 Å². The molecular weight excluding hydrogens is 342 g/mol. The number of amides is 2. The molecule has 0 aromatic heterocycles. The Labute approximate surface area is 159 Å². The molecule has 1 fully saturated rings. The molecule has 0 atom stereocenters. The maximum atomic E-state index is 12.2. The van der Waals surface area contributed by atoms with E-state index in [0.29, 0.717) is 11.4 Å². The molecule has 0 aliphatic carbocycles. The van der Waals surface area contributed by atoms with Crippen LogP contribution in [-0.2, 0) is 11.3 Å². The van der Waals surface area contributed by atoms with Gasteiger partial charge < -0.3 is 15.4 Å². The van der Waals surface area contributed by atoms with E-state index in [4.69, 9.17) is 4.74 Å². The van der Waals surface area contributed by atoms with Crippen LogP contribution in [0, 0.1) is 0 Å². The minimum absolute atomic E-state index is 0.161. The molecular formula is C21H25N3O3. The second-order valence-corrected chi connectivity index (χ2v) is 6.76. The van der Waals surface area contributed by atoms with E-state index in [2.05, 4.69) is 39.8 Å². The lowest BCUT2D eigenvalue weighted by atomic mass is 10.0. The predicted octanol–water partition coefficient (Wildman–Crippen LogP) is 3.40. The molecule has 1 aliphatic heterocycles. The molecule has 142 valence electrons. The van der Waals surface area contributed by atoms with Gasteiger partial charge in [0, 0.05) is 44.4 Å². The van der Waals surface area contributed by atoms with Crippen molar-refractivity contribution in [3.8, 4) is 5.75 Å². The minimum atomic E-state index is -0.390. The topological polar surface area (TPSA) is 70.7 Å². The van der Waals surface area contributed by atoms with E-state index < -0.39 is 0 Å². The molecule has 2 aromatic carbocycles. The zero-order valence-corrected chi connectivity index (χ0v) is 15.5. The number of nitrogens with zero attached hydrogens (tertiary/aromatic N) is 1. The molecule has 2 N–H and O–H groups in total. The summed E-state index contributed by atoms with van der Waals surface area (Å²) in [6, 6.07) is 17.1. The molecule has 0 saturated carbocycles. The van der Waals surface area contributed by atoms with Crippen molar-refractivity contribution >= 4 is 17.7 Å². The Bertz CT molecular complexity index is 771. The van der Waals surface area contributed by atoms with Gasteiger partial charge in [-0.25, -0.2) is 4.79 Å². The minimum Gasteiger partial charge on any atom is -0.427 e. The van der Waals surface area contributed by atoms with E-state index in [-0.39, 0.29) is 18.0 Å². The molecule has 0 radical (unpaired) electrons. The standard InChI is InChI=1S/C21H25N3O3/c1-16(25)27-20-9-5-8-19(14-20)23-21(26)22-18-10-12-24(13-11-18)15-17-6-3-2-4-7-17/h2-9,14,18H,10-13,15H2,1H3,(H2,22,23,26). The number of carbonyl (C=O) groups is 2. The molecule has 2 aromatic rings. The Morgan fingerprint density at radius 3 is 2.52 bits per heavy atom. The van der Waals surface area contributed by atoms with Crippen LogP contribution in [0.5, 0.6) is 5.75 Å². The second kappa shape index (κ2) is 9.19. The van der Waals surface area contributed by atoms with Crippen molar-refractivity contribution in [1.29, 1.82) is 0 Å². The maximum absolute atomic E-state index is 12.2. The van der Waals surface area contributed by atoms with Gasteiger partial charge in [-0.15, -0.1) is 0 Å². The molecule has 1 aliphatic rings. The number of carbonyl (C=O) groups excluding carboxylic acids is 2. The van der Waals surface area contributed by atoms with Gasteiger partial charge in [-0.1, -0.05) is 36.4 Å². The molecule has 0 unspecified atom stereocenters. The number of hydrogen-bond acceptors (Lipinski definition) is 4. The first-order chi connectivity index (χ1) is 13.1. The van der Waals surface area contributed by atoms with Crippen molar-refractivity contribution in [2.75, 3.05) is 18.4 Å². The highest BCUT2D eigenvalue weighted by atomic mass is 16.5. The van der Waals surface area contributed by atoms with Gasteiger partial charge >= 0.3 is 12.0 Å². The van der Waals surface area contributed by atoms with E-state index in [9.17, 15) is 9.59 Å². The number of piperidine rings is 1. The van der Waals surface area contributed by atoms with Crippen LogP contribution >= 0.6 is 0 Å². The number of rotatable bonds is 5. The lowest BCUT2D eigenvalue weighted by molar-refractivity contribution is -0.131. The average Bonchev–Trinajstić information content (AvgIpc) is 2.64. The number of benzene rings is 2. The van der Waals surface area contributed by atoms with Crippen LogP contribution < -0.4 is 15.4 Å². The van der Waals surface area contributed by atoms with Gasteiger partial charge in [0.15, 0.2) is 0 Å². The monoisotopic (exact) mass is 367 g/mol. The zero-order chi connectivity index (χ0) is 19.1. The Kier molecular flexibility index (Phi) is 6.44. The molecule has 27 heavy (non-hydrogen) atoms. The molecule has 6 nitrogen and oxygen atoms in total. The summed E-state index contributed by atoms with van der Waals surface area (Å²) in [5, 5.41) is 5.83. The number of urea groups is 1. The molecule has 1 heterocycles. The molecule has 2 amide bonds. The van der Waals surface area contributed by atoms with Crippen LogP contribution in [0.3, 0.4) is 0 Å². The first kappa shape index (κ1) is 18.9. The highest BCUT2D eigenvalue weighted by Gasteiger charge is 2.20. The largest absolute Gasteiger partial charge is 0.427 e. The number of anilines is 1. The average molecular weight is 367 g/mol. The third kappa shape index (κ3) is 6.11. The van der Waals surface area contributed by atoms with Crippen LogP contribution in [0.1, 0.15) is 25.3 Å². The summed E-state index contributed by atoms with van der Waals surface area (Å²) in [6.45, 7) is 4.21. The van der Waals surface area contributed by atoms with Crippen molar-refractivity contribution < 1.29 is 14.3 Å². The van der Waals surface area contributed by atoms with E-state index >= 15 is 0 Å². The number of hydrogen-bond donors (Lipinski definition) is 2. The summed E-state index contributed by atoms with van der Waals surface area (Å²) in [4.78, 5) is 25.7. The van der Waals surface area contributed by atoms with Crippen molar-refractivity contribution in [2.24, 2.45) is 0 Å². The van der Waals surface area contributed by atoms with Crippen molar-refractivity contribution in [2.45, 2.75) is 32.4 Å². The van der Waals surface area contributed by atoms with Gasteiger partial charge in [-0.3, -0.25) is 9.69 Å². The zero-order valence-electron chi connectivity index (χ0n) is 15.5. The summed E-state index contributed by atoms with van der Waals surface area (Å²) in [6.07, 6.45) is 1.85. The van der Waals surface area contributed by atoms with E-state index in [0.717, 1.165) is 32.5 Å². The Morgan fingerprint density at radius 1 is 1.07 bits per heavy atom. The fraction of sp³-hybridized carbons (Fsp3) is 0.333. The molecule has 1 saturated heterocycles. The van der Waals surface area contributed by atoms with Gasteiger partial charge in [-0.2, -0.15) is 0 Å². The normalized spacial score (nSPS) is 15.1. The summed E-state index contributed by atoms with van der Waals surface area (Å²) in [5.41, 5.74) is 1.90. The lowest BCUT2D eigenvalue weighted by Gasteiger charge is -2.32. The molecule has 0 bridgehead atoms. The molecule has 6 heteroatoms. The molecule has 0 spiro atoms. The Balaban J connectivity index is 1.43. The first-order valence-corrected chi connectivity index (χ1v) is 9.21. The predicted molar refractivity (Wildman–Crippen MR) is 105 cm³/mol. The van der Waals surface area contributed by atoms with Crippen molar-refractivity contribution in [3.05, 3.63) is 60.2 Å². The summed E-state index contributed by atoms with van der Waals surface area (Å²) < 4.78 is 5.03. The number of ether oxygens (including phenoxy) is 1. The summed E-state index contributed by atoms with van der Waals surface area (Å²) in [5.74, 6) is 0.0217. The number of likely N-dealkylation sites (tertiary alicyclic amines) is 1. The van der Waals surface area contributed by atoms with Gasteiger partial charge in [-0.05, 0) is 30.5 Å². The SMILES string of the molecule is CC(=O)Oc1cccc(NC(=O)NC2CCN(Cc3ccccc3)CC2)c1. The van der Waals surface area contributed by atoms with Gasteiger partial charge in [0.25, 0.3) is 0 Å². The van der Waals surface area contributed by atoms with Crippen molar-refractivity contribution in [1.82, 2.24) is 10.2 Å². The van der Waals surface area contributed by atoms with E-state index in [1.165, 1.54) is 12.5 Å². The van der Waals surface area contributed by atoms with E-state index in [1.54, 1.807) is 24.3 Å². The number of esters is 1. The van der Waals surface area contributed by atoms with Crippen LogP contribution in [0.25, 0.3) is 0 Å². The highest BCUT2D eigenvalue weighted by molar-refractivity contribution is 5.89. The van der Waals surface area contributed by atoms with Gasteiger partial charge in [0.2, 0.25) is 0 Å². The smallest absolute Gasteiger partial charge is 0.319 e.